The standard InChI is InChI=1S/C18H17Cl2N3O3/c1-26-17-12(18(25)22-14-8-5-11(19)10-21-14)6-7-13(20)16(17)23-9-3-2-4-15(23)24/h5-8,10H,2-4,9H2,1H3,(H,21,22,25). The molecule has 0 spiro atoms. The van der Waals surface area contributed by atoms with Gasteiger partial charge >= 0.3 is 0 Å². The fraction of sp³-hybridized carbons (Fsp3) is 0.278. The van der Waals surface area contributed by atoms with Crippen LogP contribution in [-0.2, 0) is 4.79 Å². The molecule has 2 heterocycles. The van der Waals surface area contributed by atoms with E-state index in [1.807, 2.05) is 0 Å². The predicted molar refractivity (Wildman–Crippen MR) is 101 cm³/mol. The fourth-order valence-corrected chi connectivity index (χ4v) is 3.22. The Balaban J connectivity index is 1.96. The van der Waals surface area contributed by atoms with E-state index in [4.69, 9.17) is 27.9 Å². The van der Waals surface area contributed by atoms with Gasteiger partial charge in [0.15, 0.2) is 5.75 Å². The summed E-state index contributed by atoms with van der Waals surface area (Å²) in [4.78, 5) is 30.6. The third-order valence-corrected chi connectivity index (χ3v) is 4.62. The van der Waals surface area contributed by atoms with Crippen LogP contribution in [0.25, 0.3) is 0 Å². The van der Waals surface area contributed by atoms with Crippen molar-refractivity contribution in [2.24, 2.45) is 0 Å². The molecule has 136 valence electrons. The van der Waals surface area contributed by atoms with Gasteiger partial charge in [0.25, 0.3) is 5.91 Å². The monoisotopic (exact) mass is 393 g/mol. The molecular formula is C18H17Cl2N3O3. The van der Waals surface area contributed by atoms with Crippen molar-refractivity contribution in [1.29, 1.82) is 0 Å². The zero-order valence-corrected chi connectivity index (χ0v) is 15.6. The summed E-state index contributed by atoms with van der Waals surface area (Å²) < 4.78 is 5.46. The number of ether oxygens (including phenoxy) is 1. The molecule has 1 fully saturated rings. The number of halogens is 2. The Bertz CT molecular complexity index is 840. The van der Waals surface area contributed by atoms with Crippen LogP contribution in [0.1, 0.15) is 29.6 Å². The van der Waals surface area contributed by atoms with E-state index in [0.717, 1.165) is 12.8 Å². The third kappa shape index (κ3) is 3.76. The number of nitrogens with zero attached hydrogens (tertiary/aromatic N) is 2. The third-order valence-electron chi connectivity index (χ3n) is 4.09. The number of benzene rings is 1. The molecule has 3 rings (SSSR count). The Morgan fingerprint density at radius 3 is 2.69 bits per heavy atom. The van der Waals surface area contributed by atoms with Crippen LogP contribution in [0.2, 0.25) is 10.0 Å². The summed E-state index contributed by atoms with van der Waals surface area (Å²) >= 11 is 12.1. The van der Waals surface area contributed by atoms with Crippen LogP contribution in [0, 0.1) is 0 Å². The highest BCUT2D eigenvalue weighted by atomic mass is 35.5. The first-order chi connectivity index (χ1) is 12.5. The Labute approximate surface area is 161 Å². The van der Waals surface area contributed by atoms with Gasteiger partial charge in [-0.25, -0.2) is 4.98 Å². The number of aromatic nitrogens is 1. The molecule has 0 radical (unpaired) electrons. The summed E-state index contributed by atoms with van der Waals surface area (Å²) in [6, 6.07) is 6.37. The number of methoxy groups -OCH3 is 1. The lowest BCUT2D eigenvalue weighted by Gasteiger charge is -2.29. The maximum atomic E-state index is 12.7. The lowest BCUT2D eigenvalue weighted by molar-refractivity contribution is -0.119. The van der Waals surface area contributed by atoms with Crippen LogP contribution in [0.5, 0.6) is 5.75 Å². The molecule has 1 N–H and O–H groups in total. The topological polar surface area (TPSA) is 71.5 Å². The molecule has 0 unspecified atom stereocenters. The highest BCUT2D eigenvalue weighted by molar-refractivity contribution is 6.34. The van der Waals surface area contributed by atoms with E-state index in [2.05, 4.69) is 10.3 Å². The first kappa shape index (κ1) is 18.5. The second-order valence-electron chi connectivity index (χ2n) is 5.80. The van der Waals surface area contributed by atoms with Crippen molar-refractivity contribution in [3.8, 4) is 5.75 Å². The maximum Gasteiger partial charge on any atom is 0.260 e. The lowest BCUT2D eigenvalue weighted by atomic mass is 10.1. The van der Waals surface area contributed by atoms with Crippen LogP contribution >= 0.6 is 23.2 Å². The van der Waals surface area contributed by atoms with Crippen molar-refractivity contribution >= 4 is 46.5 Å². The smallest absolute Gasteiger partial charge is 0.260 e. The van der Waals surface area contributed by atoms with E-state index < -0.39 is 5.91 Å². The molecule has 26 heavy (non-hydrogen) atoms. The van der Waals surface area contributed by atoms with Gasteiger partial charge in [0, 0.05) is 19.2 Å². The van der Waals surface area contributed by atoms with E-state index in [9.17, 15) is 9.59 Å². The number of carbonyl (C=O) groups is 2. The second kappa shape index (κ2) is 7.93. The number of hydrogen-bond acceptors (Lipinski definition) is 4. The van der Waals surface area contributed by atoms with Gasteiger partial charge in [-0.15, -0.1) is 0 Å². The first-order valence-electron chi connectivity index (χ1n) is 8.11. The maximum absolute atomic E-state index is 12.7. The molecule has 1 aromatic carbocycles. The van der Waals surface area contributed by atoms with Crippen molar-refractivity contribution in [2.75, 3.05) is 23.9 Å². The molecule has 8 heteroatoms. The van der Waals surface area contributed by atoms with Gasteiger partial charge in [-0.1, -0.05) is 23.2 Å². The summed E-state index contributed by atoms with van der Waals surface area (Å²) in [5.41, 5.74) is 0.692. The highest BCUT2D eigenvalue weighted by Crippen LogP contribution is 2.40. The average molecular weight is 394 g/mol. The summed E-state index contributed by atoms with van der Waals surface area (Å²) in [6.45, 7) is 0.540. The van der Waals surface area contributed by atoms with Crippen LogP contribution < -0.4 is 15.0 Å². The van der Waals surface area contributed by atoms with E-state index in [1.165, 1.54) is 13.3 Å². The summed E-state index contributed by atoms with van der Waals surface area (Å²) in [5, 5.41) is 3.52. The number of hydrogen-bond donors (Lipinski definition) is 1. The summed E-state index contributed by atoms with van der Waals surface area (Å²) in [5.74, 6) is 0.165. The van der Waals surface area contributed by atoms with Crippen LogP contribution in [-0.4, -0.2) is 30.5 Å². The van der Waals surface area contributed by atoms with E-state index in [0.29, 0.717) is 34.5 Å². The summed E-state index contributed by atoms with van der Waals surface area (Å²) in [7, 11) is 1.45. The quantitative estimate of drug-likeness (QED) is 0.845. The van der Waals surface area contributed by atoms with Crippen LogP contribution in [0.4, 0.5) is 11.5 Å². The minimum absolute atomic E-state index is 0.0339. The molecule has 1 aromatic heterocycles. The zero-order valence-electron chi connectivity index (χ0n) is 14.1. The normalized spacial score (nSPS) is 14.3. The molecule has 1 aliphatic rings. The van der Waals surface area contributed by atoms with E-state index in [-0.39, 0.29) is 17.2 Å². The van der Waals surface area contributed by atoms with E-state index in [1.54, 1.807) is 29.2 Å². The van der Waals surface area contributed by atoms with Crippen LogP contribution in [0.3, 0.4) is 0 Å². The number of rotatable bonds is 4. The Morgan fingerprint density at radius 1 is 1.23 bits per heavy atom. The molecule has 1 aliphatic heterocycles. The highest BCUT2D eigenvalue weighted by Gasteiger charge is 2.28. The zero-order chi connectivity index (χ0) is 18.7. The Hall–Kier alpha value is -2.31. The number of anilines is 2. The van der Waals surface area contributed by atoms with Gasteiger partial charge in [-0.2, -0.15) is 0 Å². The molecule has 6 nitrogen and oxygen atoms in total. The molecule has 2 amide bonds. The van der Waals surface area contributed by atoms with Gasteiger partial charge in [0.05, 0.1) is 22.7 Å². The average Bonchev–Trinajstić information content (AvgIpc) is 2.64. The van der Waals surface area contributed by atoms with E-state index >= 15 is 0 Å². The largest absolute Gasteiger partial charge is 0.494 e. The van der Waals surface area contributed by atoms with Gasteiger partial charge < -0.3 is 15.0 Å². The Kier molecular flexibility index (Phi) is 5.64. The molecule has 0 saturated carbocycles. The molecular weight excluding hydrogens is 377 g/mol. The van der Waals surface area contributed by atoms with Crippen molar-refractivity contribution in [1.82, 2.24) is 4.98 Å². The number of piperidine rings is 1. The van der Waals surface area contributed by atoms with Gasteiger partial charge in [-0.3, -0.25) is 9.59 Å². The number of nitrogens with one attached hydrogen (secondary N) is 1. The lowest BCUT2D eigenvalue weighted by Crippen LogP contribution is -2.36. The van der Waals surface area contributed by atoms with Gasteiger partial charge in [0.2, 0.25) is 5.91 Å². The number of carbonyl (C=O) groups excluding carboxylic acids is 2. The van der Waals surface area contributed by atoms with Crippen molar-refractivity contribution in [3.05, 3.63) is 46.1 Å². The predicted octanol–water partition coefficient (Wildman–Crippen LogP) is 4.17. The van der Waals surface area contributed by atoms with Crippen molar-refractivity contribution in [3.63, 3.8) is 0 Å². The molecule has 0 aliphatic carbocycles. The molecule has 2 aromatic rings. The second-order valence-corrected chi connectivity index (χ2v) is 6.64. The molecule has 1 saturated heterocycles. The van der Waals surface area contributed by atoms with Crippen LogP contribution in [0.15, 0.2) is 30.5 Å². The first-order valence-corrected chi connectivity index (χ1v) is 8.86. The fourth-order valence-electron chi connectivity index (χ4n) is 2.86. The van der Waals surface area contributed by atoms with Crippen molar-refractivity contribution in [2.45, 2.75) is 19.3 Å². The minimum Gasteiger partial charge on any atom is -0.494 e. The molecule has 0 bridgehead atoms. The van der Waals surface area contributed by atoms with Crippen molar-refractivity contribution < 1.29 is 14.3 Å². The SMILES string of the molecule is COc1c(C(=O)Nc2ccc(Cl)cn2)ccc(Cl)c1N1CCCCC1=O. The number of pyridine rings is 1. The minimum atomic E-state index is -0.418. The van der Waals surface area contributed by atoms with Gasteiger partial charge in [-0.05, 0) is 37.1 Å². The molecule has 0 atom stereocenters. The number of amides is 2. The van der Waals surface area contributed by atoms with Gasteiger partial charge in [0.1, 0.15) is 11.5 Å². The Morgan fingerprint density at radius 2 is 2.04 bits per heavy atom. The summed E-state index contributed by atoms with van der Waals surface area (Å²) in [6.07, 6.45) is 3.60.